The van der Waals surface area contributed by atoms with Crippen LogP contribution in [-0.2, 0) is 11.2 Å². The Morgan fingerprint density at radius 3 is 2.82 bits per heavy atom. The lowest BCUT2D eigenvalue weighted by Crippen LogP contribution is -2.13. The van der Waals surface area contributed by atoms with Crippen molar-refractivity contribution in [3.05, 3.63) is 42.0 Å². The molecule has 5 nitrogen and oxygen atoms in total. The fraction of sp³-hybridized carbons (Fsp3) is 0.522. The van der Waals surface area contributed by atoms with Crippen molar-refractivity contribution in [2.75, 3.05) is 0 Å². The second kappa shape index (κ2) is 10.3. The molecule has 0 spiro atoms. The second-order valence-electron chi connectivity index (χ2n) is 7.45. The molecule has 1 aromatic rings. The number of aliphatic hydroxyl groups is 2. The molecular weight excluding hydrogens is 356 g/mol. The fourth-order valence-corrected chi connectivity index (χ4v) is 3.68. The van der Waals surface area contributed by atoms with E-state index in [1.54, 1.807) is 13.0 Å². The smallest absolute Gasteiger partial charge is 0.303 e. The van der Waals surface area contributed by atoms with Crippen LogP contribution in [-0.4, -0.2) is 39.6 Å². The molecule has 1 saturated carbocycles. The highest BCUT2D eigenvalue weighted by atomic mass is 16.5. The zero-order valence-corrected chi connectivity index (χ0v) is 16.6. The van der Waals surface area contributed by atoms with Crippen molar-refractivity contribution < 1.29 is 24.9 Å². The summed E-state index contributed by atoms with van der Waals surface area (Å²) in [7, 11) is 0. The van der Waals surface area contributed by atoms with E-state index < -0.39 is 12.1 Å². The van der Waals surface area contributed by atoms with Gasteiger partial charge in [0.05, 0.1) is 12.2 Å². The molecule has 0 amide bonds. The maximum absolute atomic E-state index is 10.6. The Bertz CT molecular complexity index is 745. The molecule has 5 atom stereocenters. The van der Waals surface area contributed by atoms with Gasteiger partial charge in [-0.1, -0.05) is 31.2 Å². The molecule has 3 rings (SSSR count). The van der Waals surface area contributed by atoms with Crippen LogP contribution in [0, 0.1) is 17.8 Å². The number of ether oxygens (including phenoxy) is 1. The molecule has 1 aliphatic carbocycles. The van der Waals surface area contributed by atoms with E-state index in [4.69, 9.17) is 14.9 Å². The maximum atomic E-state index is 10.6. The maximum Gasteiger partial charge on any atom is 0.303 e. The van der Waals surface area contributed by atoms with Gasteiger partial charge >= 0.3 is 5.97 Å². The van der Waals surface area contributed by atoms with Gasteiger partial charge in [0.25, 0.3) is 0 Å². The topological polar surface area (TPSA) is 87.0 Å². The summed E-state index contributed by atoms with van der Waals surface area (Å²) in [5.41, 5.74) is 2.11. The van der Waals surface area contributed by atoms with Gasteiger partial charge in [-0.2, -0.15) is 0 Å². The van der Waals surface area contributed by atoms with E-state index in [0.29, 0.717) is 12.8 Å². The Kier molecular flexibility index (Phi) is 8.10. The Hall–Kier alpha value is -2.29. The molecule has 5 unspecified atom stereocenters. The molecule has 2 aliphatic rings. The first-order chi connectivity index (χ1) is 13.4. The molecule has 0 saturated heterocycles. The van der Waals surface area contributed by atoms with Crippen LogP contribution in [0.2, 0.25) is 0 Å². The van der Waals surface area contributed by atoms with Crippen molar-refractivity contribution in [2.45, 2.75) is 70.2 Å². The zero-order valence-electron chi connectivity index (χ0n) is 16.6. The Morgan fingerprint density at radius 2 is 2.18 bits per heavy atom. The molecule has 0 bridgehead atoms. The number of carboxylic acid groups (broad SMARTS) is 1. The van der Waals surface area contributed by atoms with Crippen molar-refractivity contribution in [2.24, 2.45) is 5.92 Å². The first kappa shape index (κ1) is 22.0. The Labute approximate surface area is 167 Å². The lowest BCUT2D eigenvalue weighted by Gasteiger charge is -2.11. The monoisotopic (exact) mass is 386 g/mol. The van der Waals surface area contributed by atoms with E-state index in [2.05, 4.69) is 18.4 Å². The molecule has 1 heterocycles. The molecular formula is C23H30O5. The Balaban J connectivity index is 0.000000242. The number of hydrogen-bond acceptors (Lipinski definition) is 4. The SMILES string of the molecule is C=CC(O)C(C)CC#CC.O=C(O)CCc1cccc2c1OC1CC(O)CC21. The average molecular weight is 386 g/mol. The van der Waals surface area contributed by atoms with Crippen molar-refractivity contribution in [3.8, 4) is 17.6 Å². The first-order valence-electron chi connectivity index (χ1n) is 9.75. The molecule has 0 radical (unpaired) electrons. The van der Waals surface area contributed by atoms with Gasteiger partial charge in [0.1, 0.15) is 11.9 Å². The summed E-state index contributed by atoms with van der Waals surface area (Å²) >= 11 is 0. The number of aliphatic carboxylic acids is 1. The van der Waals surface area contributed by atoms with E-state index in [0.717, 1.165) is 29.7 Å². The van der Waals surface area contributed by atoms with Gasteiger partial charge in [-0.25, -0.2) is 0 Å². The molecule has 1 aromatic carbocycles. The number of fused-ring (bicyclic) bond motifs is 3. The summed E-state index contributed by atoms with van der Waals surface area (Å²) < 4.78 is 5.91. The average Bonchev–Trinajstić information content (AvgIpc) is 3.20. The lowest BCUT2D eigenvalue weighted by molar-refractivity contribution is -0.136. The molecule has 3 N–H and O–H groups in total. The van der Waals surface area contributed by atoms with E-state index in [-0.39, 0.29) is 30.5 Å². The van der Waals surface area contributed by atoms with Gasteiger partial charge < -0.3 is 20.1 Å². The largest absolute Gasteiger partial charge is 0.489 e. The van der Waals surface area contributed by atoms with Crippen molar-refractivity contribution in [1.82, 2.24) is 0 Å². The predicted octanol–water partition coefficient (Wildman–Crippen LogP) is 3.29. The van der Waals surface area contributed by atoms with Gasteiger partial charge in [-0.05, 0) is 31.2 Å². The zero-order chi connectivity index (χ0) is 20.7. The summed E-state index contributed by atoms with van der Waals surface area (Å²) in [5.74, 6) is 6.24. The minimum atomic E-state index is -0.791. The van der Waals surface area contributed by atoms with Gasteiger partial charge in [0, 0.05) is 30.7 Å². The van der Waals surface area contributed by atoms with Gasteiger partial charge in [-0.3, -0.25) is 4.79 Å². The van der Waals surface area contributed by atoms with Gasteiger partial charge in [-0.15, -0.1) is 18.4 Å². The van der Waals surface area contributed by atoms with Crippen molar-refractivity contribution >= 4 is 5.97 Å². The minimum Gasteiger partial charge on any atom is -0.489 e. The van der Waals surface area contributed by atoms with E-state index in [1.165, 1.54) is 0 Å². The van der Waals surface area contributed by atoms with Crippen LogP contribution < -0.4 is 4.74 Å². The normalized spacial score (nSPS) is 23.6. The molecule has 1 aliphatic heterocycles. The quantitative estimate of drug-likeness (QED) is 0.516. The summed E-state index contributed by atoms with van der Waals surface area (Å²) in [4.78, 5) is 10.6. The van der Waals surface area contributed by atoms with Crippen LogP contribution in [0.4, 0.5) is 0 Å². The lowest BCUT2D eigenvalue weighted by atomic mass is 9.95. The van der Waals surface area contributed by atoms with Crippen LogP contribution in [0.15, 0.2) is 30.9 Å². The predicted molar refractivity (Wildman–Crippen MR) is 108 cm³/mol. The number of carbonyl (C=O) groups is 1. The molecule has 28 heavy (non-hydrogen) atoms. The molecule has 1 fully saturated rings. The first-order valence-corrected chi connectivity index (χ1v) is 9.75. The van der Waals surface area contributed by atoms with E-state index >= 15 is 0 Å². The molecule has 5 heteroatoms. The van der Waals surface area contributed by atoms with Crippen molar-refractivity contribution in [3.63, 3.8) is 0 Å². The highest BCUT2D eigenvalue weighted by molar-refractivity contribution is 5.67. The van der Waals surface area contributed by atoms with Crippen LogP contribution in [0.25, 0.3) is 0 Å². The fourth-order valence-electron chi connectivity index (χ4n) is 3.68. The highest BCUT2D eigenvalue weighted by Gasteiger charge is 2.42. The number of para-hydroxylation sites is 1. The number of hydrogen-bond donors (Lipinski definition) is 3. The molecule has 0 aromatic heterocycles. The standard InChI is InChI=1S/C14H16O4.C9H14O/c15-9-6-11-10-3-1-2-8(4-5-13(16)17)14(10)18-12(11)7-9;1-4-6-7-8(3)9(10)5-2/h1-3,9,11-12,15H,4-7H2,(H,16,17);5,8-10H,2,7H2,1,3H3. The van der Waals surface area contributed by atoms with Crippen LogP contribution in [0.1, 0.15) is 56.6 Å². The third-order valence-corrected chi connectivity index (χ3v) is 5.31. The third kappa shape index (κ3) is 5.60. The number of aliphatic hydroxyl groups excluding tert-OH is 2. The van der Waals surface area contributed by atoms with Gasteiger partial charge in [0.15, 0.2) is 0 Å². The minimum absolute atomic E-state index is 0.0704. The Morgan fingerprint density at radius 1 is 1.43 bits per heavy atom. The number of benzene rings is 1. The number of carboxylic acids is 1. The summed E-state index contributed by atoms with van der Waals surface area (Å²) in [5, 5.41) is 27.6. The van der Waals surface area contributed by atoms with Crippen LogP contribution in [0.3, 0.4) is 0 Å². The van der Waals surface area contributed by atoms with Crippen LogP contribution >= 0.6 is 0 Å². The molecule has 152 valence electrons. The van der Waals surface area contributed by atoms with Crippen LogP contribution in [0.5, 0.6) is 5.75 Å². The van der Waals surface area contributed by atoms with E-state index in [1.807, 2.05) is 25.1 Å². The second-order valence-corrected chi connectivity index (χ2v) is 7.45. The summed E-state index contributed by atoms with van der Waals surface area (Å²) in [6.45, 7) is 7.25. The van der Waals surface area contributed by atoms with Crippen molar-refractivity contribution in [1.29, 1.82) is 0 Å². The third-order valence-electron chi connectivity index (χ3n) is 5.31. The summed E-state index contributed by atoms with van der Waals surface area (Å²) in [6, 6.07) is 5.91. The van der Waals surface area contributed by atoms with E-state index in [9.17, 15) is 9.90 Å². The number of rotatable bonds is 6. The van der Waals surface area contributed by atoms with Gasteiger partial charge in [0.2, 0.25) is 0 Å². The highest BCUT2D eigenvalue weighted by Crippen LogP contribution is 2.48. The number of aryl methyl sites for hydroxylation is 1. The summed E-state index contributed by atoms with van der Waals surface area (Å²) in [6.07, 6.45) is 3.72.